The van der Waals surface area contributed by atoms with Crippen molar-refractivity contribution in [2.24, 2.45) is 5.11 Å². The molecule has 8 aliphatic heterocycles. The average Bonchev–Trinajstić information content (AvgIpc) is 0.888. The summed E-state index contributed by atoms with van der Waals surface area (Å²) < 4.78 is 105. The number of benzene rings is 5. The molecule has 0 saturated carbocycles. The molecule has 13 rings (SSSR count). The third-order valence-electron chi connectivity index (χ3n) is 19.8. The third-order valence-corrected chi connectivity index (χ3v) is 21.1. The van der Waals surface area contributed by atoms with Crippen LogP contribution in [0.1, 0.15) is 96.5 Å². The van der Waals surface area contributed by atoms with Crippen LogP contribution in [0.5, 0.6) is 57.5 Å². The highest BCUT2D eigenvalue weighted by molar-refractivity contribution is 7.86. The predicted molar refractivity (Wildman–Crippen MR) is 344 cm³/mol. The van der Waals surface area contributed by atoms with Gasteiger partial charge in [-0.3, -0.25) is 23.8 Å². The van der Waals surface area contributed by atoms with Crippen molar-refractivity contribution in [3.05, 3.63) is 144 Å². The fourth-order valence-electron chi connectivity index (χ4n) is 16.2. The highest BCUT2D eigenvalue weighted by Gasteiger charge is 2.59. The van der Waals surface area contributed by atoms with Gasteiger partial charge in [0.1, 0.15) is 36.8 Å². The van der Waals surface area contributed by atoms with Crippen molar-refractivity contribution in [1.82, 2.24) is 19.6 Å². The quantitative estimate of drug-likeness (QED) is 0.0175. The Kier molecular flexibility index (Phi) is 18.7. The Labute approximate surface area is 548 Å². The number of methoxy groups -OCH3 is 4. The molecule has 24 nitrogen and oxygen atoms in total. The third kappa shape index (κ3) is 10.8. The number of aryl methyl sites for hydroxylation is 3. The molecule has 25 heteroatoms. The maximum atomic E-state index is 13.7. The maximum absolute atomic E-state index is 13.7. The van der Waals surface area contributed by atoms with Crippen LogP contribution in [-0.4, -0.2) is 160 Å². The Morgan fingerprint density at radius 1 is 0.617 bits per heavy atom. The van der Waals surface area contributed by atoms with Crippen molar-refractivity contribution in [2.75, 3.05) is 96.1 Å². The zero-order valence-corrected chi connectivity index (χ0v) is 55.7. The van der Waals surface area contributed by atoms with Gasteiger partial charge in [-0.15, -0.1) is 0 Å². The van der Waals surface area contributed by atoms with Crippen LogP contribution in [0.15, 0.2) is 71.7 Å². The Bertz CT molecular complexity index is 4070. The van der Waals surface area contributed by atoms with Gasteiger partial charge in [0, 0.05) is 100 Å². The average molecular weight is 1310 g/mol. The van der Waals surface area contributed by atoms with E-state index in [1.807, 2.05) is 41.7 Å². The van der Waals surface area contributed by atoms with E-state index in [-0.39, 0.29) is 88.1 Å². The van der Waals surface area contributed by atoms with E-state index in [0.717, 1.165) is 66.8 Å². The summed E-state index contributed by atoms with van der Waals surface area (Å²) in [5.41, 5.74) is 21.4. The van der Waals surface area contributed by atoms with Crippen LogP contribution >= 0.6 is 0 Å². The van der Waals surface area contributed by atoms with E-state index in [1.165, 1.54) is 12.1 Å². The first-order chi connectivity index (χ1) is 45.5. The molecule has 94 heavy (non-hydrogen) atoms. The van der Waals surface area contributed by atoms with Crippen molar-refractivity contribution in [3.8, 4) is 69.6 Å². The molecular formula is C69H79N9O15S. The monoisotopic (exact) mass is 1310 g/mol. The first kappa shape index (κ1) is 65.6. The van der Waals surface area contributed by atoms with Crippen LogP contribution in [-0.2, 0) is 49.5 Å². The summed E-state index contributed by atoms with van der Waals surface area (Å²) in [4.78, 5) is 12.1. The molecule has 0 amide bonds. The van der Waals surface area contributed by atoms with E-state index in [2.05, 4.69) is 74.1 Å². The van der Waals surface area contributed by atoms with E-state index >= 15 is 0 Å². The minimum Gasteiger partial charge on any atom is -0.493 e. The van der Waals surface area contributed by atoms with Gasteiger partial charge < -0.3 is 56.8 Å². The van der Waals surface area contributed by atoms with Crippen LogP contribution in [0.4, 0.5) is 0 Å². The minimum absolute atomic E-state index is 0.00538. The van der Waals surface area contributed by atoms with Gasteiger partial charge in [0.25, 0.3) is 10.1 Å². The zero-order chi connectivity index (χ0) is 66.6. The molecule has 2 saturated heterocycles. The van der Waals surface area contributed by atoms with E-state index < -0.39 is 34.3 Å². The number of piperazine rings is 2. The van der Waals surface area contributed by atoms with Crippen molar-refractivity contribution >= 4 is 10.1 Å². The second-order valence-corrected chi connectivity index (χ2v) is 26.3. The molecule has 2 fully saturated rings. The second-order valence-electron chi connectivity index (χ2n) is 24.7. The molecule has 0 N–H and O–H groups in total. The molecule has 0 radical (unpaired) electrons. The molecule has 0 spiro atoms. The Morgan fingerprint density at radius 2 is 1.06 bits per heavy atom. The summed E-state index contributed by atoms with van der Waals surface area (Å²) in [5.74, 6) is 6.11. The topological polar surface area (TPSA) is 263 Å². The highest BCUT2D eigenvalue weighted by atomic mass is 32.2. The summed E-state index contributed by atoms with van der Waals surface area (Å²) in [6, 6.07) is 12.3. The summed E-state index contributed by atoms with van der Waals surface area (Å²) >= 11 is 0. The number of nitrogens with zero attached hydrogens (tertiary/aromatic N) is 9. The fraction of sp³-hybridized carbons (Fsp3) is 0.478. The summed E-state index contributed by atoms with van der Waals surface area (Å²) in [7, 11) is 6.35. The lowest BCUT2D eigenvalue weighted by Crippen LogP contribution is -2.68. The molecule has 0 aromatic heterocycles. The molecular weight excluding hydrogens is 1230 g/mol. The SMILES string of the molecule is C=CCOc1c(C)c2c(c3c1C[C@H]1[C@H]4c5c(cc(C)c(OC)c5OCOC)C[C@@H]([C@H](C#N)N1[C@H]3CN=[N+]=[N-])N4C)OCO2.C=CCOc1c(C)c2c(c3c1C[C@H]1[C@H]4c5c(cc(C)c(OC)c5OCOC)C[C@@H]([C@H](C#N)N1[C@H]3COS(=O)(=O)c1ccc(C)cc1)N4C)OCO2. The molecule has 8 heterocycles. The van der Waals surface area contributed by atoms with Gasteiger partial charge in [0.05, 0.1) is 56.0 Å². The van der Waals surface area contributed by atoms with Crippen molar-refractivity contribution < 1.29 is 69.4 Å². The van der Waals surface area contributed by atoms with E-state index in [0.29, 0.717) is 95.3 Å². The second kappa shape index (κ2) is 26.7. The number of ether oxygens (including phenoxy) is 12. The van der Waals surface area contributed by atoms with Crippen LogP contribution in [0.3, 0.4) is 0 Å². The molecule has 8 aliphatic rings. The highest BCUT2D eigenvalue weighted by Crippen LogP contribution is 2.61. The van der Waals surface area contributed by atoms with Crippen LogP contribution in [0, 0.1) is 57.3 Å². The predicted octanol–water partition coefficient (Wildman–Crippen LogP) is 9.74. The molecule has 496 valence electrons. The van der Waals surface area contributed by atoms with Crippen molar-refractivity contribution in [3.63, 3.8) is 0 Å². The molecule has 0 unspecified atom stereocenters. The summed E-state index contributed by atoms with van der Waals surface area (Å²) in [6.45, 7) is 18.0. The van der Waals surface area contributed by atoms with Crippen LogP contribution in [0.25, 0.3) is 10.4 Å². The van der Waals surface area contributed by atoms with Gasteiger partial charge in [-0.2, -0.15) is 18.9 Å². The van der Waals surface area contributed by atoms with Crippen molar-refractivity contribution in [1.29, 1.82) is 10.5 Å². The van der Waals surface area contributed by atoms with Gasteiger partial charge in [-0.25, -0.2) is 0 Å². The van der Waals surface area contributed by atoms with E-state index in [9.17, 15) is 24.5 Å². The van der Waals surface area contributed by atoms with Gasteiger partial charge in [-0.1, -0.05) is 60.3 Å². The molecule has 10 atom stereocenters. The number of fused-ring (bicyclic) bond motifs is 18. The lowest BCUT2D eigenvalue weighted by Gasteiger charge is -2.60. The Hall–Kier alpha value is -8.46. The Morgan fingerprint density at radius 3 is 1.49 bits per heavy atom. The fourth-order valence-corrected chi connectivity index (χ4v) is 17.1. The van der Waals surface area contributed by atoms with Gasteiger partial charge in [0.2, 0.25) is 13.6 Å². The van der Waals surface area contributed by atoms with E-state index in [4.69, 9.17) is 61.0 Å². The standard InChI is InChI=1S/C38H43N3O9S.C31H36N6O6/c1-8-13-46-35-23(4)36-38(49-20-48-36)32-26(35)16-28-33-31-24(14-22(3)34(45-7)37(31)47-19-44-6)15-27(40(33)5)29(17-39)41(28)30(32)18-50-51(42,43)25-11-9-21(2)10-12-25;1-7-8-40-28-17(3)29-31(43-15-42-29)25-19(28)11-21-26-24-18(9-16(2)27(39-6)30(24)41-14-38-5)10-20(36(26)4)22(12-32)37(21)23(25)13-34-35-33/h8-12,14,27-30,33H,1,13,15-16,18-20H2,2-7H3;7,9,20-23,26H,1,8,10-11,13-15H2,2-6H3/t27-,28-,29-,30-,33-;20-,21-,22-,23-,26-/m00/s1. The number of hydrogen-bond donors (Lipinski definition) is 0. The first-order valence-corrected chi connectivity index (χ1v) is 32.6. The van der Waals surface area contributed by atoms with Crippen LogP contribution < -0.4 is 47.4 Å². The molecule has 4 bridgehead atoms. The van der Waals surface area contributed by atoms with Gasteiger partial charge in [0.15, 0.2) is 59.6 Å². The minimum atomic E-state index is -4.18. The molecule has 5 aromatic rings. The zero-order valence-electron chi connectivity index (χ0n) is 54.8. The summed E-state index contributed by atoms with van der Waals surface area (Å²) in [6.07, 6.45) is 5.57. The smallest absolute Gasteiger partial charge is 0.297 e. The number of azide groups is 1. The number of rotatable bonds is 20. The lowest BCUT2D eigenvalue weighted by molar-refractivity contribution is -0.0809. The molecule has 5 aromatic carbocycles. The molecule has 0 aliphatic carbocycles. The van der Waals surface area contributed by atoms with E-state index in [1.54, 1.807) is 52.7 Å². The van der Waals surface area contributed by atoms with Gasteiger partial charge in [-0.05, 0) is 114 Å². The maximum Gasteiger partial charge on any atom is 0.297 e. The lowest BCUT2D eigenvalue weighted by atomic mass is 9.71. The normalized spacial score (nSPS) is 24.1. The number of nitriles is 2. The number of hydrogen-bond acceptors (Lipinski definition) is 22. The van der Waals surface area contributed by atoms with Crippen molar-refractivity contribution in [2.45, 2.75) is 126 Å². The van der Waals surface area contributed by atoms with Gasteiger partial charge >= 0.3 is 0 Å². The summed E-state index contributed by atoms with van der Waals surface area (Å²) in [5, 5.41) is 25.8. The Balaban J connectivity index is 0.000000183. The van der Waals surface area contributed by atoms with Crippen LogP contribution in [0.2, 0.25) is 0 Å². The largest absolute Gasteiger partial charge is 0.493 e. The number of likely N-dealkylation sites (N-methyl/N-ethyl adjacent to an activating group) is 2. The first-order valence-electron chi connectivity index (χ1n) is 31.2.